The van der Waals surface area contributed by atoms with E-state index in [4.69, 9.17) is 4.74 Å². The van der Waals surface area contributed by atoms with Crippen molar-refractivity contribution in [3.05, 3.63) is 0 Å². The van der Waals surface area contributed by atoms with Gasteiger partial charge in [0, 0.05) is 47.4 Å². The molecule has 0 saturated carbocycles. The average Bonchev–Trinajstić information content (AvgIpc) is 2.66. The molecule has 0 unspecified atom stereocenters. The van der Waals surface area contributed by atoms with E-state index < -0.39 is 0 Å². The van der Waals surface area contributed by atoms with Gasteiger partial charge in [0.05, 0.1) is 6.61 Å². The summed E-state index contributed by atoms with van der Waals surface area (Å²) in [6.45, 7) is 10.4. The number of hydrogen-bond donors (Lipinski definition) is 1. The molecule has 1 heterocycles. The zero-order valence-corrected chi connectivity index (χ0v) is 21.8. The van der Waals surface area contributed by atoms with Crippen LogP contribution < -0.4 is 5.32 Å². The lowest BCUT2D eigenvalue weighted by molar-refractivity contribution is -0.127. The van der Waals surface area contributed by atoms with Crippen molar-refractivity contribution < 1.29 is 9.53 Å². The Bertz CT molecular complexity index is 466. The number of nitrogens with zero attached hydrogens (tertiary/aromatic N) is 4. The molecule has 0 spiro atoms. The molecule has 0 aromatic heterocycles. The quantitative estimate of drug-likeness (QED) is 0.255. The minimum absolute atomic E-state index is 0. The fourth-order valence-electron chi connectivity index (χ4n) is 3.29. The molecular formula is C21H44IN5O2. The summed E-state index contributed by atoms with van der Waals surface area (Å²) in [6, 6.07) is 0. The Morgan fingerprint density at radius 2 is 1.86 bits per heavy atom. The molecule has 1 aliphatic heterocycles. The molecule has 1 saturated heterocycles. The molecule has 7 nitrogen and oxygen atoms in total. The van der Waals surface area contributed by atoms with Gasteiger partial charge in [0.2, 0.25) is 5.91 Å². The van der Waals surface area contributed by atoms with E-state index in [2.05, 4.69) is 41.0 Å². The molecule has 0 aliphatic carbocycles. The number of piperidine rings is 1. The van der Waals surface area contributed by atoms with Crippen LogP contribution in [0.3, 0.4) is 0 Å². The van der Waals surface area contributed by atoms with Crippen molar-refractivity contribution in [3.8, 4) is 0 Å². The minimum Gasteiger partial charge on any atom is -0.383 e. The Hall–Kier alpha value is -0.610. The van der Waals surface area contributed by atoms with Gasteiger partial charge >= 0.3 is 0 Å². The van der Waals surface area contributed by atoms with E-state index in [1.165, 1.54) is 25.7 Å². The molecule has 0 radical (unpaired) electrons. The number of likely N-dealkylation sites (N-methyl/N-ethyl adjacent to an activating group) is 2. The summed E-state index contributed by atoms with van der Waals surface area (Å²) >= 11 is 0. The second-order valence-electron chi connectivity index (χ2n) is 8.57. The summed E-state index contributed by atoms with van der Waals surface area (Å²) in [5.41, 5.74) is 0. The number of ether oxygens (including phenoxy) is 1. The van der Waals surface area contributed by atoms with E-state index in [1.54, 1.807) is 26.1 Å². The number of carbonyl (C=O) groups is 1. The van der Waals surface area contributed by atoms with Gasteiger partial charge in [0.1, 0.15) is 6.54 Å². The van der Waals surface area contributed by atoms with Crippen molar-refractivity contribution in [2.75, 3.05) is 74.1 Å². The van der Waals surface area contributed by atoms with Crippen LogP contribution in [-0.4, -0.2) is 101 Å². The van der Waals surface area contributed by atoms with Crippen molar-refractivity contribution in [1.29, 1.82) is 0 Å². The lowest BCUT2D eigenvalue weighted by Crippen LogP contribution is -2.47. The van der Waals surface area contributed by atoms with E-state index >= 15 is 0 Å². The Morgan fingerprint density at radius 3 is 2.41 bits per heavy atom. The summed E-state index contributed by atoms with van der Waals surface area (Å²) in [5, 5.41) is 3.46. The number of rotatable bonds is 11. The SMILES string of the molecule is COCCN(C)CCCC1CCN(C(=NCC(=O)N(C)C)NCC(C)C)CC1.I. The smallest absolute Gasteiger partial charge is 0.243 e. The molecule has 1 aliphatic rings. The number of hydrogen-bond acceptors (Lipinski definition) is 4. The van der Waals surface area contributed by atoms with Gasteiger partial charge in [-0.1, -0.05) is 13.8 Å². The lowest BCUT2D eigenvalue weighted by Gasteiger charge is -2.35. The number of carbonyl (C=O) groups excluding carboxylic acids is 1. The monoisotopic (exact) mass is 525 g/mol. The maximum atomic E-state index is 11.9. The number of amides is 1. The van der Waals surface area contributed by atoms with Crippen LogP contribution in [0.25, 0.3) is 0 Å². The van der Waals surface area contributed by atoms with Gasteiger partial charge in [0.25, 0.3) is 0 Å². The third kappa shape index (κ3) is 12.6. The zero-order chi connectivity index (χ0) is 20.9. The van der Waals surface area contributed by atoms with Crippen LogP contribution in [0.4, 0.5) is 0 Å². The Balaban J connectivity index is 0.00000784. The molecule has 172 valence electrons. The number of nitrogens with one attached hydrogen (secondary N) is 1. The highest BCUT2D eigenvalue weighted by molar-refractivity contribution is 14.0. The molecule has 0 aromatic rings. The second kappa shape index (κ2) is 16.1. The molecule has 1 amide bonds. The fourth-order valence-corrected chi connectivity index (χ4v) is 3.29. The highest BCUT2D eigenvalue weighted by atomic mass is 127. The maximum Gasteiger partial charge on any atom is 0.243 e. The van der Waals surface area contributed by atoms with Crippen molar-refractivity contribution in [2.24, 2.45) is 16.8 Å². The highest BCUT2D eigenvalue weighted by Crippen LogP contribution is 2.22. The first-order valence-corrected chi connectivity index (χ1v) is 10.7. The molecule has 8 heteroatoms. The molecule has 1 fully saturated rings. The van der Waals surface area contributed by atoms with E-state index in [0.717, 1.165) is 51.2 Å². The molecule has 0 aromatic carbocycles. The van der Waals surface area contributed by atoms with Gasteiger partial charge in [-0.05, 0) is 51.1 Å². The third-order valence-electron chi connectivity index (χ3n) is 5.27. The predicted molar refractivity (Wildman–Crippen MR) is 132 cm³/mol. The standard InChI is InChI=1S/C21H43N5O2.HI/c1-18(2)16-22-21(23-17-20(27)24(3)4)26-12-9-19(10-13-26)8-7-11-25(5)14-15-28-6;/h18-19H,7-17H2,1-6H3,(H,22,23);1H. The van der Waals surface area contributed by atoms with Gasteiger partial charge < -0.3 is 24.8 Å². The second-order valence-corrected chi connectivity index (χ2v) is 8.57. The average molecular weight is 526 g/mol. The largest absolute Gasteiger partial charge is 0.383 e. The summed E-state index contributed by atoms with van der Waals surface area (Å²) < 4.78 is 5.14. The van der Waals surface area contributed by atoms with Gasteiger partial charge in [-0.3, -0.25) is 4.79 Å². The van der Waals surface area contributed by atoms with Crippen molar-refractivity contribution in [3.63, 3.8) is 0 Å². The fraction of sp³-hybridized carbons (Fsp3) is 0.905. The van der Waals surface area contributed by atoms with E-state index in [-0.39, 0.29) is 36.4 Å². The van der Waals surface area contributed by atoms with Crippen LogP contribution in [0.1, 0.15) is 39.5 Å². The summed E-state index contributed by atoms with van der Waals surface area (Å²) in [7, 11) is 7.47. The van der Waals surface area contributed by atoms with E-state index in [9.17, 15) is 4.79 Å². The normalized spacial score (nSPS) is 15.6. The van der Waals surface area contributed by atoms with Crippen molar-refractivity contribution >= 4 is 35.8 Å². The number of halogens is 1. The lowest BCUT2D eigenvalue weighted by atomic mass is 9.92. The third-order valence-corrected chi connectivity index (χ3v) is 5.27. The first-order valence-electron chi connectivity index (χ1n) is 10.7. The summed E-state index contributed by atoms with van der Waals surface area (Å²) in [5.74, 6) is 2.27. The maximum absolute atomic E-state index is 11.9. The van der Waals surface area contributed by atoms with Gasteiger partial charge in [-0.15, -0.1) is 24.0 Å². The van der Waals surface area contributed by atoms with Crippen molar-refractivity contribution in [1.82, 2.24) is 20.0 Å². The number of guanidine groups is 1. The predicted octanol–water partition coefficient (Wildman–Crippen LogP) is 2.36. The van der Waals surface area contributed by atoms with Crippen molar-refractivity contribution in [2.45, 2.75) is 39.5 Å². The first kappa shape index (κ1) is 28.4. The van der Waals surface area contributed by atoms with E-state index in [1.807, 2.05) is 0 Å². The topological polar surface area (TPSA) is 60.4 Å². The molecule has 0 bridgehead atoms. The first-order chi connectivity index (χ1) is 13.3. The van der Waals surface area contributed by atoms with Gasteiger partial charge in [0.15, 0.2) is 5.96 Å². The molecule has 1 N–H and O–H groups in total. The molecular weight excluding hydrogens is 481 g/mol. The van der Waals surface area contributed by atoms with Crippen LogP contribution in [0.5, 0.6) is 0 Å². The number of likely N-dealkylation sites (tertiary alicyclic amines) is 1. The molecule has 1 rings (SSSR count). The molecule has 29 heavy (non-hydrogen) atoms. The number of methoxy groups -OCH3 is 1. The zero-order valence-electron chi connectivity index (χ0n) is 19.4. The van der Waals surface area contributed by atoms with Crippen LogP contribution in [0, 0.1) is 11.8 Å². The summed E-state index contributed by atoms with van der Waals surface area (Å²) in [6.07, 6.45) is 4.93. The Labute approximate surface area is 195 Å². The number of aliphatic imine (C=N–C) groups is 1. The summed E-state index contributed by atoms with van der Waals surface area (Å²) in [4.78, 5) is 22.8. The van der Waals surface area contributed by atoms with Crippen LogP contribution >= 0.6 is 24.0 Å². The molecule has 0 atom stereocenters. The van der Waals surface area contributed by atoms with Crippen LogP contribution in [0.2, 0.25) is 0 Å². The Morgan fingerprint density at radius 1 is 1.21 bits per heavy atom. The minimum atomic E-state index is 0. The highest BCUT2D eigenvalue weighted by Gasteiger charge is 2.22. The van der Waals surface area contributed by atoms with Crippen LogP contribution in [-0.2, 0) is 9.53 Å². The van der Waals surface area contributed by atoms with E-state index in [0.29, 0.717) is 5.92 Å². The van der Waals surface area contributed by atoms with Crippen LogP contribution in [0.15, 0.2) is 4.99 Å². The Kier molecular flexibility index (Phi) is 15.8. The van der Waals surface area contributed by atoms with Gasteiger partial charge in [-0.2, -0.15) is 0 Å². The van der Waals surface area contributed by atoms with Gasteiger partial charge in [-0.25, -0.2) is 4.99 Å².